The molecule has 0 saturated heterocycles. The van der Waals surface area contributed by atoms with E-state index in [4.69, 9.17) is 9.47 Å². The predicted molar refractivity (Wildman–Crippen MR) is 128 cm³/mol. The van der Waals surface area contributed by atoms with Crippen LogP contribution < -0.4 is 20.3 Å². The Labute approximate surface area is 202 Å². The van der Waals surface area contributed by atoms with Gasteiger partial charge in [-0.15, -0.1) is 0 Å². The molecule has 0 saturated carbocycles. The third kappa shape index (κ3) is 4.76. The van der Waals surface area contributed by atoms with Crippen LogP contribution in [-0.4, -0.2) is 54.1 Å². The van der Waals surface area contributed by atoms with E-state index in [2.05, 4.69) is 20.7 Å². The summed E-state index contributed by atoms with van der Waals surface area (Å²) in [6.45, 7) is 4.17. The van der Waals surface area contributed by atoms with Gasteiger partial charge in [0.2, 0.25) is 11.7 Å². The van der Waals surface area contributed by atoms with E-state index in [1.807, 2.05) is 31.9 Å². The first-order chi connectivity index (χ1) is 16.7. The number of benzene rings is 1. The van der Waals surface area contributed by atoms with E-state index >= 15 is 0 Å². The summed E-state index contributed by atoms with van der Waals surface area (Å²) in [6, 6.07) is 4.27. The number of likely N-dealkylation sites (N-methyl/N-ethyl adjacent to an activating group) is 1. The number of pyridine rings is 1. The van der Waals surface area contributed by atoms with Gasteiger partial charge in [0.1, 0.15) is 11.9 Å². The molecule has 9 nitrogen and oxygen atoms in total. The van der Waals surface area contributed by atoms with Gasteiger partial charge in [-0.3, -0.25) is 9.48 Å². The molecular formula is C24H28F2N6O3. The first-order valence-electron chi connectivity index (χ1n) is 11.1. The fraction of sp³-hybridized carbons (Fsp3) is 0.375. The van der Waals surface area contributed by atoms with Crippen molar-refractivity contribution in [2.24, 2.45) is 0 Å². The summed E-state index contributed by atoms with van der Waals surface area (Å²) in [5.41, 5.74) is 3.19. The number of methoxy groups -OCH3 is 2. The molecule has 0 aliphatic carbocycles. The van der Waals surface area contributed by atoms with Crippen LogP contribution in [0.2, 0.25) is 0 Å². The van der Waals surface area contributed by atoms with Crippen LogP contribution in [-0.2, 0) is 22.6 Å². The summed E-state index contributed by atoms with van der Waals surface area (Å²) < 4.78 is 40.0. The maximum absolute atomic E-state index is 14.3. The fourth-order valence-electron chi connectivity index (χ4n) is 4.16. The molecule has 0 radical (unpaired) electrons. The lowest BCUT2D eigenvalue weighted by atomic mass is 10.0. The minimum atomic E-state index is -1.02. The number of carbonyl (C=O) groups excluding carboxylic acids is 1. The zero-order chi connectivity index (χ0) is 25.3. The average Bonchev–Trinajstić information content (AvgIpc) is 3.29. The Morgan fingerprint density at radius 2 is 2.03 bits per heavy atom. The zero-order valence-electron chi connectivity index (χ0n) is 20.2. The summed E-state index contributed by atoms with van der Waals surface area (Å²) in [5.74, 6) is -1.62. The lowest BCUT2D eigenvalue weighted by Gasteiger charge is -2.38. The number of fused-ring (bicyclic) bond motifs is 1. The lowest BCUT2D eigenvalue weighted by Crippen LogP contribution is -2.52. The Morgan fingerprint density at radius 3 is 2.74 bits per heavy atom. The number of hydrogen-bond donors (Lipinski definition) is 2. The fourth-order valence-corrected chi connectivity index (χ4v) is 4.16. The van der Waals surface area contributed by atoms with Crippen molar-refractivity contribution in [3.05, 3.63) is 59.0 Å². The van der Waals surface area contributed by atoms with E-state index in [9.17, 15) is 13.6 Å². The average molecular weight is 487 g/mol. The molecule has 35 heavy (non-hydrogen) atoms. The zero-order valence-corrected chi connectivity index (χ0v) is 20.2. The molecule has 0 fully saturated rings. The molecule has 1 aromatic carbocycles. The summed E-state index contributed by atoms with van der Waals surface area (Å²) in [5, 5.41) is 10.5. The highest BCUT2D eigenvalue weighted by molar-refractivity contribution is 6.04. The SMILES string of the molecule is COc1ccc(Cn2cc(CNc3cc4c(c(C)n3)NC(=O)[C@H]([C@@H](C)OC)N4C)cn2)c(F)c1F. The largest absolute Gasteiger partial charge is 0.494 e. The van der Waals surface area contributed by atoms with Crippen LogP contribution in [0.15, 0.2) is 30.6 Å². The van der Waals surface area contributed by atoms with Crippen molar-refractivity contribution < 1.29 is 23.0 Å². The number of nitrogens with one attached hydrogen (secondary N) is 2. The van der Waals surface area contributed by atoms with Crippen molar-refractivity contribution in [3.8, 4) is 5.75 Å². The Morgan fingerprint density at radius 1 is 1.26 bits per heavy atom. The van der Waals surface area contributed by atoms with Gasteiger partial charge in [0.25, 0.3) is 0 Å². The predicted octanol–water partition coefficient (Wildman–Crippen LogP) is 3.33. The molecule has 1 aliphatic rings. The molecule has 2 N–H and O–H groups in total. The number of carbonyl (C=O) groups is 1. The molecule has 3 heterocycles. The summed E-state index contributed by atoms with van der Waals surface area (Å²) in [4.78, 5) is 19.0. The molecule has 186 valence electrons. The molecule has 1 aliphatic heterocycles. The van der Waals surface area contributed by atoms with E-state index < -0.39 is 17.7 Å². The number of halogens is 2. The maximum Gasteiger partial charge on any atom is 0.249 e. The van der Waals surface area contributed by atoms with Gasteiger partial charge in [0, 0.05) is 44.1 Å². The molecule has 3 aromatic rings. The third-order valence-corrected chi connectivity index (χ3v) is 6.15. The van der Waals surface area contributed by atoms with Gasteiger partial charge in [0.05, 0.1) is 43.0 Å². The van der Waals surface area contributed by atoms with E-state index in [0.717, 1.165) is 11.3 Å². The standard InChI is InChI=1S/C24H28F2N6O3/c1-13-22-17(31(3)23(14(2)34-4)24(33)30-22)8-19(29-13)27-9-15-10-28-32(11-15)12-16-6-7-18(35-5)21(26)20(16)25/h6-8,10-11,14,23H,9,12H2,1-5H3,(H,27,29)(H,30,33)/t14-,23+/m1/s1. The van der Waals surface area contributed by atoms with Crippen LogP contribution in [0.25, 0.3) is 0 Å². The second-order valence-corrected chi connectivity index (χ2v) is 8.43. The summed E-state index contributed by atoms with van der Waals surface area (Å²) in [7, 11) is 4.72. The highest BCUT2D eigenvalue weighted by atomic mass is 19.2. The topological polar surface area (TPSA) is 93.5 Å². The molecule has 0 unspecified atom stereocenters. The number of ether oxygens (including phenoxy) is 2. The van der Waals surface area contributed by atoms with E-state index in [1.54, 1.807) is 19.5 Å². The highest BCUT2D eigenvalue weighted by Crippen LogP contribution is 2.36. The third-order valence-electron chi connectivity index (χ3n) is 6.15. The van der Waals surface area contributed by atoms with Crippen molar-refractivity contribution in [2.75, 3.05) is 36.8 Å². The first kappa shape index (κ1) is 24.4. The van der Waals surface area contributed by atoms with Gasteiger partial charge < -0.3 is 25.0 Å². The van der Waals surface area contributed by atoms with Crippen molar-refractivity contribution in [3.63, 3.8) is 0 Å². The van der Waals surface area contributed by atoms with Gasteiger partial charge >= 0.3 is 0 Å². The molecule has 4 rings (SSSR count). The normalized spacial score (nSPS) is 16.0. The molecule has 0 bridgehead atoms. The number of rotatable bonds is 8. The van der Waals surface area contributed by atoms with Gasteiger partial charge in [-0.1, -0.05) is 6.07 Å². The molecule has 1 amide bonds. The van der Waals surface area contributed by atoms with Gasteiger partial charge in [-0.2, -0.15) is 9.49 Å². The second-order valence-electron chi connectivity index (χ2n) is 8.43. The number of nitrogens with zero attached hydrogens (tertiary/aromatic N) is 4. The molecule has 11 heteroatoms. The number of hydrogen-bond acceptors (Lipinski definition) is 7. The smallest absolute Gasteiger partial charge is 0.249 e. The Hall–Kier alpha value is -3.73. The van der Waals surface area contributed by atoms with Crippen LogP contribution in [0.5, 0.6) is 5.75 Å². The monoisotopic (exact) mass is 486 g/mol. The highest BCUT2D eigenvalue weighted by Gasteiger charge is 2.36. The van der Waals surface area contributed by atoms with Crippen LogP contribution in [0, 0.1) is 18.6 Å². The first-order valence-corrected chi connectivity index (χ1v) is 11.1. The molecular weight excluding hydrogens is 458 g/mol. The Kier molecular flexibility index (Phi) is 6.88. The Balaban J connectivity index is 1.47. The maximum atomic E-state index is 14.3. The van der Waals surface area contributed by atoms with E-state index in [0.29, 0.717) is 23.7 Å². The quantitative estimate of drug-likeness (QED) is 0.505. The van der Waals surface area contributed by atoms with Crippen LogP contribution in [0.1, 0.15) is 23.7 Å². The second kappa shape index (κ2) is 9.87. The number of aromatic nitrogens is 3. The van der Waals surface area contributed by atoms with Gasteiger partial charge in [-0.25, -0.2) is 9.37 Å². The molecule has 2 aromatic heterocycles. The minimum absolute atomic E-state index is 0.0759. The Bertz CT molecular complexity index is 1250. The molecule has 0 spiro atoms. The lowest BCUT2D eigenvalue weighted by molar-refractivity contribution is -0.120. The van der Waals surface area contributed by atoms with Crippen molar-refractivity contribution >= 4 is 23.1 Å². The van der Waals surface area contributed by atoms with Crippen molar-refractivity contribution in [1.82, 2.24) is 14.8 Å². The molecule has 2 atom stereocenters. The summed E-state index contributed by atoms with van der Waals surface area (Å²) in [6.07, 6.45) is 3.11. The number of amides is 1. The minimum Gasteiger partial charge on any atom is -0.494 e. The number of aryl methyl sites for hydroxylation is 1. The van der Waals surface area contributed by atoms with Crippen LogP contribution >= 0.6 is 0 Å². The van der Waals surface area contributed by atoms with Crippen LogP contribution in [0.3, 0.4) is 0 Å². The summed E-state index contributed by atoms with van der Waals surface area (Å²) >= 11 is 0. The van der Waals surface area contributed by atoms with Gasteiger partial charge in [-0.05, 0) is 19.9 Å². The van der Waals surface area contributed by atoms with E-state index in [1.165, 1.54) is 23.9 Å². The van der Waals surface area contributed by atoms with E-state index in [-0.39, 0.29) is 29.9 Å². The number of anilines is 3. The van der Waals surface area contributed by atoms with Crippen molar-refractivity contribution in [2.45, 2.75) is 39.1 Å². The van der Waals surface area contributed by atoms with Crippen LogP contribution in [0.4, 0.5) is 26.0 Å². The van der Waals surface area contributed by atoms with Crippen molar-refractivity contribution in [1.29, 1.82) is 0 Å². The van der Waals surface area contributed by atoms with Gasteiger partial charge in [0.15, 0.2) is 11.6 Å².